The van der Waals surface area contributed by atoms with Crippen LogP contribution in [0.3, 0.4) is 0 Å². The van der Waals surface area contributed by atoms with Crippen LogP contribution in [0, 0.1) is 5.82 Å². The van der Waals surface area contributed by atoms with Gasteiger partial charge in [-0.3, -0.25) is 4.79 Å². The fourth-order valence-corrected chi connectivity index (χ4v) is 5.66. The van der Waals surface area contributed by atoms with Gasteiger partial charge in [0.1, 0.15) is 11.6 Å². The van der Waals surface area contributed by atoms with E-state index in [2.05, 4.69) is 20.3 Å². The van der Waals surface area contributed by atoms with E-state index in [1.54, 1.807) is 4.68 Å². The van der Waals surface area contributed by atoms with Crippen molar-refractivity contribution in [3.8, 4) is 0 Å². The molecule has 0 spiro atoms. The van der Waals surface area contributed by atoms with Gasteiger partial charge >= 0.3 is 0 Å². The Balaban J connectivity index is 1.46. The highest BCUT2D eigenvalue weighted by molar-refractivity contribution is 7.89. The summed E-state index contributed by atoms with van der Waals surface area (Å²) in [5, 5.41) is 8.05. The number of hydrogen-bond acceptors (Lipinski definition) is 6. The lowest BCUT2D eigenvalue weighted by atomic mass is 9.99. The first-order valence-corrected chi connectivity index (χ1v) is 12.0. The minimum atomic E-state index is -3.87. The minimum Gasteiger partial charge on any atom is -0.308 e. The standard InChI is InChI=1S/C22H21FN6O3S/c23-17-9-4-10-18(12-17)33(31,32)28-11-5-8-16(14-28)20-24-21-19(22(30)25-20)26-27-29(21)13-15-6-2-1-3-7-15/h1-4,6-7,9-10,12,16H,5,8,11,13-14H2,(H,24,25,30)/t16-/m0/s1. The number of hydrogen-bond donors (Lipinski definition) is 1. The highest BCUT2D eigenvalue weighted by Crippen LogP contribution is 2.29. The Hall–Kier alpha value is -3.44. The van der Waals surface area contributed by atoms with Crippen molar-refractivity contribution >= 4 is 21.2 Å². The quantitative estimate of drug-likeness (QED) is 0.481. The zero-order valence-corrected chi connectivity index (χ0v) is 18.4. The van der Waals surface area contributed by atoms with E-state index in [0.717, 1.165) is 11.6 Å². The molecule has 1 fully saturated rings. The maximum absolute atomic E-state index is 13.6. The predicted molar refractivity (Wildman–Crippen MR) is 119 cm³/mol. The van der Waals surface area contributed by atoms with Gasteiger partial charge in [-0.25, -0.2) is 22.5 Å². The summed E-state index contributed by atoms with van der Waals surface area (Å²) in [6, 6.07) is 14.6. The second-order valence-electron chi connectivity index (χ2n) is 8.02. The first kappa shape index (κ1) is 21.4. The first-order valence-electron chi connectivity index (χ1n) is 10.5. The summed E-state index contributed by atoms with van der Waals surface area (Å²) >= 11 is 0. The molecule has 11 heteroatoms. The van der Waals surface area contributed by atoms with E-state index >= 15 is 0 Å². The number of benzene rings is 2. The lowest BCUT2D eigenvalue weighted by molar-refractivity contribution is 0.309. The molecule has 170 valence electrons. The predicted octanol–water partition coefficient (Wildman–Crippen LogP) is 2.27. The van der Waals surface area contributed by atoms with Gasteiger partial charge in [-0.2, -0.15) is 4.31 Å². The third-order valence-corrected chi connectivity index (χ3v) is 7.63. The molecule has 0 bridgehead atoms. The van der Waals surface area contributed by atoms with Crippen molar-refractivity contribution in [2.45, 2.75) is 30.2 Å². The summed E-state index contributed by atoms with van der Waals surface area (Å²) in [7, 11) is -3.87. The molecular weight excluding hydrogens is 447 g/mol. The number of nitrogens with one attached hydrogen (secondary N) is 1. The van der Waals surface area contributed by atoms with Gasteiger partial charge in [0.15, 0.2) is 11.2 Å². The van der Waals surface area contributed by atoms with E-state index in [1.807, 2.05) is 30.3 Å². The fraction of sp³-hybridized carbons (Fsp3) is 0.273. The van der Waals surface area contributed by atoms with Crippen LogP contribution in [-0.4, -0.2) is 50.8 Å². The molecule has 1 N–H and O–H groups in total. The van der Waals surface area contributed by atoms with E-state index < -0.39 is 21.4 Å². The Bertz CT molecular complexity index is 1470. The summed E-state index contributed by atoms with van der Waals surface area (Å²) in [6.45, 7) is 0.848. The van der Waals surface area contributed by atoms with E-state index in [9.17, 15) is 17.6 Å². The fourth-order valence-electron chi connectivity index (χ4n) is 4.10. The number of H-pyrrole nitrogens is 1. The minimum absolute atomic E-state index is 0.0924. The number of fused-ring (bicyclic) bond motifs is 1. The molecule has 3 heterocycles. The van der Waals surface area contributed by atoms with Gasteiger partial charge in [-0.15, -0.1) is 5.10 Å². The van der Waals surface area contributed by atoms with Crippen molar-refractivity contribution in [2.24, 2.45) is 0 Å². The van der Waals surface area contributed by atoms with Gasteiger partial charge in [0.2, 0.25) is 10.0 Å². The number of piperidine rings is 1. The molecule has 1 saturated heterocycles. The molecule has 0 aliphatic carbocycles. The highest BCUT2D eigenvalue weighted by Gasteiger charge is 2.32. The Morgan fingerprint density at radius 3 is 2.73 bits per heavy atom. The topological polar surface area (TPSA) is 114 Å². The molecule has 0 radical (unpaired) electrons. The molecule has 2 aromatic carbocycles. The number of halogens is 1. The average molecular weight is 469 g/mol. The van der Waals surface area contributed by atoms with Crippen LogP contribution in [0.5, 0.6) is 0 Å². The van der Waals surface area contributed by atoms with Gasteiger partial charge < -0.3 is 4.98 Å². The lowest BCUT2D eigenvalue weighted by Crippen LogP contribution is -2.39. The lowest BCUT2D eigenvalue weighted by Gasteiger charge is -2.31. The van der Waals surface area contributed by atoms with Crippen LogP contribution in [0.25, 0.3) is 11.2 Å². The zero-order chi connectivity index (χ0) is 23.0. The summed E-state index contributed by atoms with van der Waals surface area (Å²) in [6.07, 6.45) is 1.24. The summed E-state index contributed by atoms with van der Waals surface area (Å²) in [5.74, 6) is -0.539. The normalized spacial score (nSPS) is 17.4. The highest BCUT2D eigenvalue weighted by atomic mass is 32.2. The third-order valence-electron chi connectivity index (χ3n) is 5.77. The Morgan fingerprint density at radius 2 is 1.94 bits per heavy atom. The first-order chi connectivity index (χ1) is 15.9. The smallest absolute Gasteiger partial charge is 0.281 e. The largest absolute Gasteiger partial charge is 0.308 e. The van der Waals surface area contributed by atoms with E-state index in [-0.39, 0.29) is 22.9 Å². The number of aromatic amines is 1. The van der Waals surface area contributed by atoms with E-state index in [1.165, 1.54) is 22.5 Å². The van der Waals surface area contributed by atoms with Crippen LogP contribution in [0.4, 0.5) is 4.39 Å². The Kier molecular flexibility index (Phi) is 5.51. The van der Waals surface area contributed by atoms with Crippen molar-refractivity contribution in [2.75, 3.05) is 13.1 Å². The maximum Gasteiger partial charge on any atom is 0.281 e. The molecule has 1 atom stereocenters. The number of rotatable bonds is 5. The number of nitrogens with zero attached hydrogens (tertiary/aromatic N) is 5. The van der Waals surface area contributed by atoms with Crippen LogP contribution in [0.2, 0.25) is 0 Å². The van der Waals surface area contributed by atoms with Gasteiger partial charge in [0.05, 0.1) is 11.4 Å². The molecule has 0 saturated carbocycles. The van der Waals surface area contributed by atoms with Crippen LogP contribution in [0.1, 0.15) is 30.1 Å². The monoisotopic (exact) mass is 468 g/mol. The van der Waals surface area contributed by atoms with Gasteiger partial charge in [0.25, 0.3) is 5.56 Å². The van der Waals surface area contributed by atoms with Gasteiger partial charge in [-0.05, 0) is 36.6 Å². The third kappa shape index (κ3) is 4.16. The molecular formula is C22H21FN6O3S. The van der Waals surface area contributed by atoms with Crippen molar-refractivity contribution in [3.63, 3.8) is 0 Å². The van der Waals surface area contributed by atoms with Crippen LogP contribution in [0.15, 0.2) is 64.3 Å². The molecule has 9 nitrogen and oxygen atoms in total. The number of sulfonamides is 1. The Morgan fingerprint density at radius 1 is 1.12 bits per heavy atom. The van der Waals surface area contributed by atoms with Crippen LogP contribution < -0.4 is 5.56 Å². The summed E-state index contributed by atoms with van der Waals surface area (Å²) in [4.78, 5) is 19.9. The van der Waals surface area contributed by atoms with Crippen molar-refractivity contribution in [1.82, 2.24) is 29.3 Å². The van der Waals surface area contributed by atoms with E-state index in [0.29, 0.717) is 37.4 Å². The average Bonchev–Trinajstić information content (AvgIpc) is 3.23. The van der Waals surface area contributed by atoms with Crippen LogP contribution in [-0.2, 0) is 16.6 Å². The summed E-state index contributed by atoms with van der Waals surface area (Å²) in [5.41, 5.74) is 1.05. The van der Waals surface area contributed by atoms with Crippen molar-refractivity contribution < 1.29 is 12.8 Å². The van der Waals surface area contributed by atoms with Crippen molar-refractivity contribution in [1.29, 1.82) is 0 Å². The zero-order valence-electron chi connectivity index (χ0n) is 17.6. The second kappa shape index (κ2) is 8.49. The maximum atomic E-state index is 13.6. The molecule has 4 aromatic rings. The van der Waals surface area contributed by atoms with Gasteiger partial charge in [0, 0.05) is 19.0 Å². The second-order valence-corrected chi connectivity index (χ2v) is 9.95. The Labute approximate surface area is 188 Å². The molecule has 0 amide bonds. The van der Waals surface area contributed by atoms with Crippen LogP contribution >= 0.6 is 0 Å². The molecule has 5 rings (SSSR count). The summed E-state index contributed by atoms with van der Waals surface area (Å²) < 4.78 is 42.6. The van der Waals surface area contributed by atoms with Gasteiger partial charge in [-0.1, -0.05) is 41.6 Å². The number of aromatic nitrogens is 5. The van der Waals surface area contributed by atoms with E-state index in [4.69, 9.17) is 0 Å². The molecule has 0 unspecified atom stereocenters. The molecule has 1 aliphatic heterocycles. The van der Waals surface area contributed by atoms with Crippen molar-refractivity contribution in [3.05, 3.63) is 82.2 Å². The SMILES string of the molecule is O=c1[nH]c([C@H]2CCCN(S(=O)(=O)c3cccc(F)c3)C2)nc2c1nnn2Cc1ccccc1. The molecule has 33 heavy (non-hydrogen) atoms. The molecule has 1 aliphatic rings. The molecule has 2 aromatic heterocycles.